The van der Waals surface area contributed by atoms with Gasteiger partial charge in [-0.1, -0.05) is 168 Å². The van der Waals surface area contributed by atoms with E-state index in [1.165, 1.54) is 180 Å². The van der Waals surface area contributed by atoms with Gasteiger partial charge in [-0.3, -0.25) is 10.6 Å². The highest BCUT2D eigenvalue weighted by Gasteiger charge is 2.23. The second kappa shape index (κ2) is 36.0. The van der Waals surface area contributed by atoms with Crippen molar-refractivity contribution in [1.82, 2.24) is 10.6 Å². The molecule has 0 aromatic heterocycles. The van der Waals surface area contributed by atoms with Gasteiger partial charge >= 0.3 is 12.2 Å². The van der Waals surface area contributed by atoms with E-state index in [-0.39, 0.29) is 29.9 Å². The first kappa shape index (κ1) is 56.0. The minimum absolute atomic E-state index is 0. The van der Waals surface area contributed by atoms with Crippen LogP contribution in [0.4, 0.5) is 9.59 Å². The molecule has 0 radical (unpaired) electrons. The number of carbonyl (C=O) groups excluding carboxylic acids is 2. The molecule has 2 N–H and O–H groups in total. The van der Waals surface area contributed by atoms with Crippen LogP contribution in [0.15, 0.2) is 4.99 Å². The van der Waals surface area contributed by atoms with Crippen molar-refractivity contribution in [3.8, 4) is 0 Å². The summed E-state index contributed by atoms with van der Waals surface area (Å²) in [6.07, 6.45) is 36.9. The van der Waals surface area contributed by atoms with Gasteiger partial charge in [0.1, 0.15) is 11.2 Å². The number of carbonyl (C=O) groups is 2. The molecule has 0 atom stereocenters. The summed E-state index contributed by atoms with van der Waals surface area (Å²) >= 11 is 0. The number of hydrogen-bond acceptors (Lipinski definition) is 5. The van der Waals surface area contributed by atoms with Crippen molar-refractivity contribution in [2.45, 2.75) is 246 Å². The standard InChI is InChI=1S/C46H92N4O4.HI/c1-10-12-14-16-18-20-22-24-26-28-30-32-34-36-39-50(9,40-37-35-33-31-29-27-25-23-21-19-17-15-13-11-2)41-38-47-42(48-43(51)53-45(3,4)5)49-44(52)54-46(6,7)8;/h10-41H2,1-9H3,(H-,47,48,49,51,52);1H. The van der Waals surface area contributed by atoms with E-state index in [0.29, 0.717) is 6.54 Å². The molecule has 2 amide bonds. The Hall–Kier alpha value is -1.10. The number of guanidine groups is 1. The van der Waals surface area contributed by atoms with Crippen LogP contribution in [0.3, 0.4) is 0 Å². The van der Waals surface area contributed by atoms with E-state index < -0.39 is 23.4 Å². The summed E-state index contributed by atoms with van der Waals surface area (Å²) < 4.78 is 11.8. The highest BCUT2D eigenvalue weighted by Crippen LogP contribution is 2.17. The zero-order valence-corrected chi connectivity index (χ0v) is 40.2. The molecule has 0 heterocycles. The van der Waals surface area contributed by atoms with Crippen molar-refractivity contribution in [2.75, 3.05) is 33.2 Å². The molecule has 0 aliphatic carbocycles. The molecular formula is C46H93IN4O4. The molecule has 0 aliphatic heterocycles. The van der Waals surface area contributed by atoms with Gasteiger partial charge in [0.15, 0.2) is 0 Å². The maximum Gasteiger partial charge on any atom is 0.414 e. The molecule has 0 aliphatic rings. The van der Waals surface area contributed by atoms with Gasteiger partial charge in [0.25, 0.3) is 0 Å². The number of halogens is 1. The molecule has 0 bridgehead atoms. The Morgan fingerprint density at radius 3 is 0.964 bits per heavy atom. The lowest BCUT2D eigenvalue weighted by Crippen LogP contribution is -3.00. The molecule has 0 rings (SSSR count). The predicted octanol–water partition coefficient (Wildman–Crippen LogP) is 10.8. The van der Waals surface area contributed by atoms with Gasteiger partial charge < -0.3 is 37.9 Å². The minimum Gasteiger partial charge on any atom is -1.00 e. The van der Waals surface area contributed by atoms with Crippen LogP contribution in [-0.4, -0.2) is 67.1 Å². The maximum absolute atomic E-state index is 12.6. The van der Waals surface area contributed by atoms with Gasteiger partial charge in [-0.15, -0.1) is 0 Å². The van der Waals surface area contributed by atoms with Crippen molar-refractivity contribution in [1.29, 1.82) is 0 Å². The largest absolute Gasteiger partial charge is 1.00 e. The summed E-state index contributed by atoms with van der Waals surface area (Å²) in [6.45, 7) is 19.0. The molecule has 0 saturated heterocycles. The second-order valence-corrected chi connectivity index (χ2v) is 18.5. The van der Waals surface area contributed by atoms with Crippen molar-refractivity contribution < 1.29 is 47.5 Å². The van der Waals surface area contributed by atoms with E-state index in [4.69, 9.17) is 9.47 Å². The zero-order chi connectivity index (χ0) is 40.4. The second-order valence-electron chi connectivity index (χ2n) is 18.5. The number of amides is 2. The highest BCUT2D eigenvalue weighted by molar-refractivity contribution is 6.01. The maximum atomic E-state index is 12.6. The first-order valence-electron chi connectivity index (χ1n) is 23.1. The Bertz CT molecular complexity index is 868. The van der Waals surface area contributed by atoms with Crippen LogP contribution in [0.25, 0.3) is 0 Å². The van der Waals surface area contributed by atoms with E-state index in [0.717, 1.165) is 24.1 Å². The molecule has 0 fully saturated rings. The molecule has 0 unspecified atom stereocenters. The SMILES string of the molecule is CCCCCCCCCCCCCCCC[N+](C)(CCCCCCCCCCCCCCCC)CCN=C(NC(=O)OC(C)(C)C)NC(=O)OC(C)(C)C.[I-]. The minimum atomic E-state index is -0.669. The quantitative estimate of drug-likeness (QED) is 0.0226. The Morgan fingerprint density at radius 1 is 0.455 bits per heavy atom. The predicted molar refractivity (Wildman–Crippen MR) is 232 cm³/mol. The summed E-state index contributed by atoms with van der Waals surface area (Å²) in [5, 5.41) is 5.28. The van der Waals surface area contributed by atoms with Gasteiger partial charge in [0, 0.05) is 0 Å². The van der Waals surface area contributed by atoms with Gasteiger partial charge in [-0.25, -0.2) is 14.6 Å². The summed E-state index contributed by atoms with van der Waals surface area (Å²) in [4.78, 5) is 29.9. The van der Waals surface area contributed by atoms with Crippen LogP contribution in [0, 0.1) is 0 Å². The number of nitrogens with one attached hydrogen (secondary N) is 2. The molecule has 0 aromatic rings. The number of alkyl carbamates (subject to hydrolysis) is 2. The highest BCUT2D eigenvalue weighted by atomic mass is 127. The van der Waals surface area contributed by atoms with Gasteiger partial charge in [0.05, 0.1) is 33.2 Å². The van der Waals surface area contributed by atoms with Crippen LogP contribution < -0.4 is 34.6 Å². The van der Waals surface area contributed by atoms with Gasteiger partial charge in [0.2, 0.25) is 5.96 Å². The zero-order valence-electron chi connectivity index (χ0n) is 38.0. The van der Waals surface area contributed by atoms with E-state index >= 15 is 0 Å². The molecule has 9 heteroatoms. The van der Waals surface area contributed by atoms with Crippen LogP contribution >= 0.6 is 0 Å². The van der Waals surface area contributed by atoms with E-state index in [9.17, 15) is 9.59 Å². The number of unbranched alkanes of at least 4 members (excludes halogenated alkanes) is 26. The fourth-order valence-corrected chi connectivity index (χ4v) is 7.03. The number of rotatable bonds is 33. The van der Waals surface area contributed by atoms with Crippen molar-refractivity contribution in [2.24, 2.45) is 4.99 Å². The third-order valence-corrected chi connectivity index (χ3v) is 10.3. The van der Waals surface area contributed by atoms with Crippen molar-refractivity contribution in [3.05, 3.63) is 0 Å². The number of quaternary nitrogens is 1. The molecule has 55 heavy (non-hydrogen) atoms. The van der Waals surface area contributed by atoms with Crippen LogP contribution in [0.1, 0.15) is 235 Å². The van der Waals surface area contributed by atoms with E-state index in [2.05, 4.69) is 36.5 Å². The lowest BCUT2D eigenvalue weighted by atomic mass is 10.0. The first-order valence-corrected chi connectivity index (χ1v) is 23.1. The van der Waals surface area contributed by atoms with Crippen molar-refractivity contribution in [3.63, 3.8) is 0 Å². The molecule has 0 aromatic carbocycles. The fourth-order valence-electron chi connectivity index (χ4n) is 7.03. The molecule has 328 valence electrons. The fraction of sp³-hybridized carbons (Fsp3) is 0.935. The van der Waals surface area contributed by atoms with Gasteiger partial charge in [-0.2, -0.15) is 0 Å². The Morgan fingerprint density at radius 2 is 0.709 bits per heavy atom. The lowest BCUT2D eigenvalue weighted by molar-refractivity contribution is -0.908. The summed E-state index contributed by atoms with van der Waals surface area (Å²) in [6, 6.07) is 0. The van der Waals surface area contributed by atoms with Crippen LogP contribution in [0.5, 0.6) is 0 Å². The molecule has 0 saturated carbocycles. The normalized spacial score (nSPS) is 11.9. The van der Waals surface area contributed by atoms with Crippen molar-refractivity contribution >= 4 is 18.1 Å². The Balaban J connectivity index is 0. The summed E-state index contributed by atoms with van der Waals surface area (Å²) in [5.41, 5.74) is -1.34. The number of hydrogen-bond donors (Lipinski definition) is 2. The van der Waals surface area contributed by atoms with Crippen LogP contribution in [0.2, 0.25) is 0 Å². The Labute approximate surface area is 359 Å². The average Bonchev–Trinajstić information content (AvgIpc) is 3.07. The summed E-state index contributed by atoms with van der Waals surface area (Å²) in [7, 11) is 2.36. The number of likely N-dealkylation sites (N-methyl/N-ethyl adjacent to an activating group) is 1. The smallest absolute Gasteiger partial charge is 0.414 e. The molecule has 8 nitrogen and oxygen atoms in total. The lowest BCUT2D eigenvalue weighted by Gasteiger charge is -2.34. The van der Waals surface area contributed by atoms with E-state index in [1.54, 1.807) is 0 Å². The van der Waals surface area contributed by atoms with Crippen LogP contribution in [-0.2, 0) is 9.47 Å². The first-order chi connectivity index (χ1) is 25.7. The van der Waals surface area contributed by atoms with E-state index in [1.807, 2.05) is 41.5 Å². The monoisotopic (exact) mass is 893 g/mol. The number of aliphatic imine (C=N–C) groups is 1. The van der Waals surface area contributed by atoms with Gasteiger partial charge in [-0.05, 0) is 67.2 Å². The number of nitrogens with zero attached hydrogens (tertiary/aromatic N) is 2. The Kier molecular flexibility index (Phi) is 36.7. The third kappa shape index (κ3) is 40.9. The topological polar surface area (TPSA) is 89.0 Å². The summed E-state index contributed by atoms with van der Waals surface area (Å²) in [5.74, 6) is 0.0676. The third-order valence-electron chi connectivity index (χ3n) is 10.3. The molecule has 0 spiro atoms. The average molecular weight is 893 g/mol. The molecular weight excluding hydrogens is 799 g/mol. The number of ether oxygens (including phenoxy) is 2.